The van der Waals surface area contributed by atoms with Gasteiger partial charge < -0.3 is 4.90 Å². The van der Waals surface area contributed by atoms with Crippen LogP contribution in [0.3, 0.4) is 0 Å². The topological polar surface area (TPSA) is 3.24 Å². The van der Waals surface area contributed by atoms with E-state index in [-0.39, 0.29) is 5.41 Å². The summed E-state index contributed by atoms with van der Waals surface area (Å²) in [5.74, 6) is 0. The molecule has 1 aliphatic carbocycles. The standard InChI is InChI=1S/C47H35N/c1-47(2)42-31-28-33-16-9-10-21-40(33)45(42)41-24-13-25-43(46(41)47)48(36-19-7-4-8-20-36)37-29-26-34(27-30-37)39-23-12-18-35-17-11-22-38(44(35)39)32-14-5-3-6-15-32/h3-31H,1-2H3. The summed E-state index contributed by atoms with van der Waals surface area (Å²) in [6.07, 6.45) is 0. The van der Waals surface area contributed by atoms with Crippen LogP contribution in [0.25, 0.3) is 54.9 Å². The number of hydrogen-bond acceptors (Lipinski definition) is 1. The van der Waals surface area contributed by atoms with Gasteiger partial charge in [0.1, 0.15) is 0 Å². The van der Waals surface area contributed by atoms with Gasteiger partial charge in [-0.15, -0.1) is 0 Å². The minimum Gasteiger partial charge on any atom is -0.310 e. The van der Waals surface area contributed by atoms with Crippen molar-refractivity contribution in [1.29, 1.82) is 0 Å². The Balaban J connectivity index is 1.21. The van der Waals surface area contributed by atoms with Gasteiger partial charge in [-0.3, -0.25) is 0 Å². The number of benzene rings is 8. The molecule has 0 saturated heterocycles. The predicted molar refractivity (Wildman–Crippen MR) is 205 cm³/mol. The SMILES string of the molecule is CC1(C)c2ccc3ccccc3c2-c2cccc(N(c3ccccc3)c3ccc(-c4cccc5cccc(-c6ccccc6)c45)cc3)c21. The molecular weight excluding hydrogens is 579 g/mol. The van der Waals surface area contributed by atoms with Crippen LogP contribution < -0.4 is 4.90 Å². The normalized spacial score (nSPS) is 13.0. The Morgan fingerprint density at radius 1 is 0.417 bits per heavy atom. The van der Waals surface area contributed by atoms with Gasteiger partial charge in [-0.2, -0.15) is 0 Å². The third-order valence-corrected chi connectivity index (χ3v) is 10.2. The largest absolute Gasteiger partial charge is 0.310 e. The van der Waals surface area contributed by atoms with Crippen molar-refractivity contribution in [3.8, 4) is 33.4 Å². The first kappa shape index (κ1) is 28.3. The highest BCUT2D eigenvalue weighted by Crippen LogP contribution is 2.56. The van der Waals surface area contributed by atoms with Crippen LogP contribution in [0.2, 0.25) is 0 Å². The number of nitrogens with zero attached hydrogens (tertiary/aromatic N) is 1. The van der Waals surface area contributed by atoms with E-state index in [0.29, 0.717) is 0 Å². The van der Waals surface area contributed by atoms with Crippen LogP contribution in [0.5, 0.6) is 0 Å². The highest BCUT2D eigenvalue weighted by Gasteiger charge is 2.39. The van der Waals surface area contributed by atoms with Gasteiger partial charge in [0.05, 0.1) is 5.69 Å². The molecule has 228 valence electrons. The molecule has 0 N–H and O–H groups in total. The molecular formula is C47H35N. The fourth-order valence-electron chi connectivity index (χ4n) is 8.04. The van der Waals surface area contributed by atoms with Gasteiger partial charge in [-0.25, -0.2) is 0 Å². The number of anilines is 3. The molecule has 48 heavy (non-hydrogen) atoms. The number of rotatable bonds is 5. The Kier molecular flexibility index (Phi) is 6.55. The predicted octanol–water partition coefficient (Wildman–Crippen LogP) is 13.1. The summed E-state index contributed by atoms with van der Waals surface area (Å²) in [6, 6.07) is 64.2. The van der Waals surface area contributed by atoms with Crippen molar-refractivity contribution >= 4 is 38.6 Å². The van der Waals surface area contributed by atoms with E-state index in [4.69, 9.17) is 0 Å². The van der Waals surface area contributed by atoms with Crippen molar-refractivity contribution in [2.45, 2.75) is 19.3 Å². The van der Waals surface area contributed by atoms with Crippen LogP contribution in [0.15, 0.2) is 176 Å². The second kappa shape index (κ2) is 11.1. The maximum atomic E-state index is 2.44. The molecule has 0 amide bonds. The Morgan fingerprint density at radius 3 is 1.71 bits per heavy atom. The van der Waals surface area contributed by atoms with Crippen LogP contribution in [-0.2, 0) is 5.41 Å². The lowest BCUT2D eigenvalue weighted by Crippen LogP contribution is -2.20. The molecule has 0 atom stereocenters. The molecule has 0 radical (unpaired) electrons. The summed E-state index contributed by atoms with van der Waals surface area (Å²) >= 11 is 0. The molecule has 0 unspecified atom stereocenters. The monoisotopic (exact) mass is 613 g/mol. The minimum atomic E-state index is -0.172. The van der Waals surface area contributed by atoms with Crippen LogP contribution >= 0.6 is 0 Å². The van der Waals surface area contributed by atoms with Gasteiger partial charge in [0.2, 0.25) is 0 Å². The third-order valence-electron chi connectivity index (χ3n) is 10.2. The van der Waals surface area contributed by atoms with Crippen molar-refractivity contribution < 1.29 is 0 Å². The van der Waals surface area contributed by atoms with Gasteiger partial charge in [0, 0.05) is 16.8 Å². The van der Waals surface area contributed by atoms with Crippen molar-refractivity contribution in [3.63, 3.8) is 0 Å². The van der Waals surface area contributed by atoms with Gasteiger partial charge in [0.25, 0.3) is 0 Å². The molecule has 0 fully saturated rings. The van der Waals surface area contributed by atoms with Crippen molar-refractivity contribution in [2.24, 2.45) is 0 Å². The summed E-state index contributed by atoms with van der Waals surface area (Å²) in [4.78, 5) is 2.44. The van der Waals surface area contributed by atoms with E-state index in [1.807, 2.05) is 0 Å². The summed E-state index contributed by atoms with van der Waals surface area (Å²) < 4.78 is 0. The summed E-state index contributed by atoms with van der Waals surface area (Å²) in [6.45, 7) is 4.76. The molecule has 9 rings (SSSR count). The average Bonchev–Trinajstić information content (AvgIpc) is 3.39. The Morgan fingerprint density at radius 2 is 0.979 bits per heavy atom. The lowest BCUT2D eigenvalue weighted by atomic mass is 9.81. The number of para-hydroxylation sites is 1. The minimum absolute atomic E-state index is 0.172. The van der Waals surface area contributed by atoms with Crippen LogP contribution in [-0.4, -0.2) is 0 Å². The van der Waals surface area contributed by atoms with Crippen molar-refractivity contribution in [1.82, 2.24) is 0 Å². The second-order valence-electron chi connectivity index (χ2n) is 13.3. The number of fused-ring (bicyclic) bond motifs is 6. The van der Waals surface area contributed by atoms with Crippen molar-refractivity contribution in [2.75, 3.05) is 4.90 Å². The first-order valence-electron chi connectivity index (χ1n) is 16.8. The van der Waals surface area contributed by atoms with Gasteiger partial charge >= 0.3 is 0 Å². The molecule has 8 aromatic rings. The zero-order chi connectivity index (χ0) is 32.2. The van der Waals surface area contributed by atoms with Gasteiger partial charge in [0.15, 0.2) is 0 Å². The van der Waals surface area contributed by atoms with E-state index in [2.05, 4.69) is 195 Å². The summed E-state index contributed by atoms with van der Waals surface area (Å²) in [7, 11) is 0. The highest BCUT2D eigenvalue weighted by atomic mass is 15.1. The van der Waals surface area contributed by atoms with Crippen LogP contribution in [0.4, 0.5) is 17.1 Å². The van der Waals surface area contributed by atoms with Crippen LogP contribution in [0, 0.1) is 0 Å². The third kappa shape index (κ3) is 4.39. The highest BCUT2D eigenvalue weighted by molar-refractivity contribution is 6.07. The molecule has 1 nitrogen and oxygen atoms in total. The fraction of sp³-hybridized carbons (Fsp3) is 0.0638. The van der Waals surface area contributed by atoms with Gasteiger partial charge in [-0.05, 0) is 96.4 Å². The molecule has 0 aromatic heterocycles. The molecule has 0 heterocycles. The molecule has 0 aliphatic heterocycles. The Bertz CT molecular complexity index is 2450. The molecule has 1 aliphatic rings. The average molecular weight is 614 g/mol. The quantitative estimate of drug-likeness (QED) is 0.187. The molecule has 0 spiro atoms. The van der Waals surface area contributed by atoms with E-state index in [1.165, 1.54) is 71.7 Å². The fourth-order valence-corrected chi connectivity index (χ4v) is 8.04. The van der Waals surface area contributed by atoms with E-state index in [1.54, 1.807) is 0 Å². The molecule has 1 heteroatoms. The van der Waals surface area contributed by atoms with Crippen molar-refractivity contribution in [3.05, 3.63) is 187 Å². The summed E-state index contributed by atoms with van der Waals surface area (Å²) in [5.41, 5.74) is 13.7. The maximum absolute atomic E-state index is 2.44. The molecule has 0 bridgehead atoms. The Hall–Kier alpha value is -5.92. The smallest absolute Gasteiger partial charge is 0.0508 e. The Labute approximate surface area is 282 Å². The van der Waals surface area contributed by atoms with Crippen LogP contribution in [0.1, 0.15) is 25.0 Å². The van der Waals surface area contributed by atoms with E-state index < -0.39 is 0 Å². The molecule has 0 saturated carbocycles. The first-order valence-corrected chi connectivity index (χ1v) is 16.8. The van der Waals surface area contributed by atoms with E-state index in [0.717, 1.165) is 11.4 Å². The van der Waals surface area contributed by atoms with E-state index in [9.17, 15) is 0 Å². The molecule has 8 aromatic carbocycles. The number of hydrogen-bond donors (Lipinski definition) is 0. The van der Waals surface area contributed by atoms with Gasteiger partial charge in [-0.1, -0.05) is 159 Å². The zero-order valence-electron chi connectivity index (χ0n) is 27.2. The second-order valence-corrected chi connectivity index (χ2v) is 13.3. The summed E-state index contributed by atoms with van der Waals surface area (Å²) in [5, 5.41) is 5.13. The first-order chi connectivity index (χ1) is 23.6. The lowest BCUT2D eigenvalue weighted by Gasteiger charge is -2.32. The zero-order valence-corrected chi connectivity index (χ0v) is 27.2. The maximum Gasteiger partial charge on any atom is 0.0508 e. The lowest BCUT2D eigenvalue weighted by molar-refractivity contribution is 0.661. The van der Waals surface area contributed by atoms with E-state index >= 15 is 0 Å².